The summed E-state index contributed by atoms with van der Waals surface area (Å²) in [6.07, 6.45) is 0. The second-order valence-electron chi connectivity index (χ2n) is 2.59. The van der Waals surface area contributed by atoms with Crippen LogP contribution >= 0.6 is 0 Å². The molecule has 1 aromatic rings. The third-order valence-electron chi connectivity index (χ3n) is 1.67. The minimum atomic E-state index is 0.487. The van der Waals surface area contributed by atoms with Crippen molar-refractivity contribution >= 4 is 0 Å². The van der Waals surface area contributed by atoms with Gasteiger partial charge in [-0.2, -0.15) is 0 Å². The van der Waals surface area contributed by atoms with Crippen LogP contribution in [0.4, 0.5) is 0 Å². The van der Waals surface area contributed by atoms with E-state index < -0.39 is 0 Å². The summed E-state index contributed by atoms with van der Waals surface area (Å²) in [6.45, 7) is 7.32. The molecule has 0 aliphatic heterocycles. The zero-order valence-corrected chi connectivity index (χ0v) is 7.95. The van der Waals surface area contributed by atoms with E-state index in [1.54, 1.807) is 0 Å². The molecule has 0 fully saturated rings. The van der Waals surface area contributed by atoms with Crippen LogP contribution in [0.3, 0.4) is 0 Å². The van der Waals surface area contributed by atoms with Gasteiger partial charge in [-0.1, -0.05) is 18.2 Å². The molecular formula is C11H15O2. The van der Waals surface area contributed by atoms with E-state index in [1.165, 1.54) is 0 Å². The van der Waals surface area contributed by atoms with Gasteiger partial charge in [0.05, 0.1) is 13.2 Å². The van der Waals surface area contributed by atoms with E-state index in [-0.39, 0.29) is 0 Å². The Bertz CT molecular complexity index is 246. The van der Waals surface area contributed by atoms with Gasteiger partial charge in [-0.3, -0.25) is 0 Å². The molecule has 0 aromatic heterocycles. The molecule has 1 aromatic carbocycles. The first-order valence-electron chi connectivity index (χ1n) is 4.46. The average Bonchev–Trinajstić information content (AvgIpc) is 2.17. The number of para-hydroxylation sites is 1. The molecule has 13 heavy (non-hydrogen) atoms. The maximum atomic E-state index is 5.43. The minimum absolute atomic E-state index is 0.487. The lowest BCUT2D eigenvalue weighted by Gasteiger charge is -2.09. The first-order chi connectivity index (χ1) is 6.38. The number of ether oxygens (including phenoxy) is 2. The van der Waals surface area contributed by atoms with Gasteiger partial charge in [0.15, 0.2) is 0 Å². The molecule has 0 spiro atoms. The SMILES string of the molecule is [CH2]COCc1ccccc1OCC. The van der Waals surface area contributed by atoms with E-state index in [9.17, 15) is 0 Å². The lowest BCUT2D eigenvalue weighted by atomic mass is 10.2. The Morgan fingerprint density at radius 2 is 2.08 bits per heavy atom. The van der Waals surface area contributed by atoms with Crippen LogP contribution in [0.2, 0.25) is 0 Å². The van der Waals surface area contributed by atoms with Crippen molar-refractivity contribution in [3.05, 3.63) is 36.8 Å². The highest BCUT2D eigenvalue weighted by atomic mass is 16.5. The Morgan fingerprint density at radius 1 is 1.31 bits per heavy atom. The van der Waals surface area contributed by atoms with Gasteiger partial charge < -0.3 is 9.47 Å². The Balaban J connectivity index is 2.66. The van der Waals surface area contributed by atoms with Crippen molar-refractivity contribution in [1.82, 2.24) is 0 Å². The zero-order valence-electron chi connectivity index (χ0n) is 7.95. The molecule has 0 aliphatic carbocycles. The summed E-state index contributed by atoms with van der Waals surface area (Å²) >= 11 is 0. The number of hydrogen-bond acceptors (Lipinski definition) is 2. The molecular weight excluding hydrogens is 164 g/mol. The van der Waals surface area contributed by atoms with Crippen molar-refractivity contribution in [2.45, 2.75) is 13.5 Å². The van der Waals surface area contributed by atoms with Crippen LogP contribution in [-0.4, -0.2) is 13.2 Å². The second kappa shape index (κ2) is 5.60. The highest BCUT2D eigenvalue weighted by molar-refractivity contribution is 5.32. The van der Waals surface area contributed by atoms with Crippen LogP contribution in [-0.2, 0) is 11.3 Å². The molecule has 1 rings (SSSR count). The van der Waals surface area contributed by atoms with E-state index in [1.807, 2.05) is 31.2 Å². The molecule has 0 saturated carbocycles. The van der Waals surface area contributed by atoms with Gasteiger partial charge in [-0.15, -0.1) is 0 Å². The average molecular weight is 179 g/mol. The van der Waals surface area contributed by atoms with Gasteiger partial charge in [0.1, 0.15) is 5.75 Å². The van der Waals surface area contributed by atoms with Crippen molar-refractivity contribution < 1.29 is 9.47 Å². The third-order valence-corrected chi connectivity index (χ3v) is 1.67. The zero-order chi connectivity index (χ0) is 9.52. The highest BCUT2D eigenvalue weighted by Gasteiger charge is 2.00. The molecule has 71 valence electrons. The quantitative estimate of drug-likeness (QED) is 0.691. The van der Waals surface area contributed by atoms with Gasteiger partial charge in [0.25, 0.3) is 0 Å². The van der Waals surface area contributed by atoms with Gasteiger partial charge in [-0.05, 0) is 19.9 Å². The number of benzene rings is 1. The normalized spacial score (nSPS) is 10.0. The highest BCUT2D eigenvalue weighted by Crippen LogP contribution is 2.18. The maximum absolute atomic E-state index is 5.43. The van der Waals surface area contributed by atoms with Crippen LogP contribution in [0.5, 0.6) is 5.75 Å². The topological polar surface area (TPSA) is 18.5 Å². The summed E-state index contributed by atoms with van der Waals surface area (Å²) in [4.78, 5) is 0. The molecule has 1 radical (unpaired) electrons. The largest absolute Gasteiger partial charge is 0.494 e. The predicted octanol–water partition coefficient (Wildman–Crippen LogP) is 2.44. The standard InChI is InChI=1S/C11H15O2/c1-3-12-9-10-7-5-6-8-11(10)13-4-2/h5-8H,1,3-4,9H2,2H3. The fourth-order valence-corrected chi connectivity index (χ4v) is 1.10. The molecule has 0 N–H and O–H groups in total. The Hall–Kier alpha value is -1.02. The Labute approximate surface area is 79.5 Å². The summed E-state index contributed by atoms with van der Waals surface area (Å²) in [5, 5.41) is 0. The fraction of sp³-hybridized carbons (Fsp3) is 0.364. The number of hydrogen-bond donors (Lipinski definition) is 0. The summed E-state index contributed by atoms with van der Waals surface area (Å²) in [5.41, 5.74) is 1.08. The van der Waals surface area contributed by atoms with Crippen LogP contribution in [0.1, 0.15) is 12.5 Å². The predicted molar refractivity (Wildman–Crippen MR) is 52.6 cm³/mol. The summed E-state index contributed by atoms with van der Waals surface area (Å²) < 4.78 is 10.6. The molecule has 0 bridgehead atoms. The Kier molecular flexibility index (Phi) is 4.33. The molecule has 0 saturated heterocycles. The van der Waals surface area contributed by atoms with Crippen LogP contribution in [0.25, 0.3) is 0 Å². The van der Waals surface area contributed by atoms with Crippen molar-refractivity contribution in [1.29, 1.82) is 0 Å². The smallest absolute Gasteiger partial charge is 0.124 e. The summed E-state index contributed by atoms with van der Waals surface area (Å²) in [7, 11) is 0. The lowest BCUT2D eigenvalue weighted by molar-refractivity contribution is 0.144. The van der Waals surface area contributed by atoms with Gasteiger partial charge in [-0.25, -0.2) is 0 Å². The molecule has 2 heteroatoms. The first-order valence-corrected chi connectivity index (χ1v) is 4.46. The fourth-order valence-electron chi connectivity index (χ4n) is 1.10. The van der Waals surface area contributed by atoms with Crippen LogP contribution < -0.4 is 4.74 Å². The number of rotatable bonds is 5. The third kappa shape index (κ3) is 3.07. The maximum Gasteiger partial charge on any atom is 0.124 e. The van der Waals surface area contributed by atoms with Crippen molar-refractivity contribution in [3.63, 3.8) is 0 Å². The molecule has 0 heterocycles. The Morgan fingerprint density at radius 3 is 2.77 bits per heavy atom. The summed E-state index contributed by atoms with van der Waals surface area (Å²) in [6, 6.07) is 7.88. The van der Waals surface area contributed by atoms with Gasteiger partial charge in [0.2, 0.25) is 0 Å². The van der Waals surface area contributed by atoms with E-state index in [0.29, 0.717) is 19.8 Å². The van der Waals surface area contributed by atoms with E-state index >= 15 is 0 Å². The van der Waals surface area contributed by atoms with E-state index in [2.05, 4.69) is 6.92 Å². The van der Waals surface area contributed by atoms with Gasteiger partial charge in [0, 0.05) is 12.2 Å². The van der Waals surface area contributed by atoms with Crippen molar-refractivity contribution in [3.8, 4) is 5.75 Å². The van der Waals surface area contributed by atoms with Crippen molar-refractivity contribution in [2.24, 2.45) is 0 Å². The first kappa shape index (κ1) is 10.1. The summed E-state index contributed by atoms with van der Waals surface area (Å²) in [5.74, 6) is 0.901. The molecule has 2 nitrogen and oxygen atoms in total. The molecule has 0 atom stereocenters. The molecule has 0 aliphatic rings. The molecule has 0 amide bonds. The minimum Gasteiger partial charge on any atom is -0.494 e. The van der Waals surface area contributed by atoms with E-state index in [4.69, 9.17) is 9.47 Å². The lowest BCUT2D eigenvalue weighted by Crippen LogP contribution is -1.98. The monoisotopic (exact) mass is 179 g/mol. The molecule has 0 unspecified atom stereocenters. The van der Waals surface area contributed by atoms with Gasteiger partial charge >= 0.3 is 0 Å². The van der Waals surface area contributed by atoms with Crippen LogP contribution in [0, 0.1) is 6.92 Å². The van der Waals surface area contributed by atoms with Crippen LogP contribution in [0.15, 0.2) is 24.3 Å². The van der Waals surface area contributed by atoms with E-state index in [0.717, 1.165) is 11.3 Å². The second-order valence-corrected chi connectivity index (χ2v) is 2.59. The van der Waals surface area contributed by atoms with Crippen molar-refractivity contribution in [2.75, 3.05) is 13.2 Å².